The fourth-order valence-electron chi connectivity index (χ4n) is 2.70. The summed E-state index contributed by atoms with van der Waals surface area (Å²) in [5.74, 6) is 0. The Morgan fingerprint density at radius 3 is 2.40 bits per heavy atom. The molecule has 0 spiro atoms. The number of rotatable bonds is 4. The molecule has 1 aliphatic heterocycles. The number of amides is 2. The van der Waals surface area contributed by atoms with Crippen LogP contribution in [0.1, 0.15) is 5.56 Å². The Morgan fingerprint density at radius 1 is 1.16 bits per heavy atom. The van der Waals surface area contributed by atoms with E-state index in [1.807, 2.05) is 41.2 Å². The van der Waals surface area contributed by atoms with Gasteiger partial charge in [0.05, 0.1) is 12.8 Å². The molecule has 1 aromatic heterocycles. The fourth-order valence-corrected chi connectivity index (χ4v) is 3.53. The molecule has 0 radical (unpaired) electrons. The van der Waals surface area contributed by atoms with Gasteiger partial charge in [-0.05, 0) is 23.8 Å². The molecule has 0 atom stereocenters. The summed E-state index contributed by atoms with van der Waals surface area (Å²) in [7, 11) is -3.19. The van der Waals surface area contributed by atoms with Crippen LogP contribution in [0.15, 0.2) is 42.7 Å². The molecule has 0 unspecified atom stereocenters. The second kappa shape index (κ2) is 7.24. The Morgan fingerprint density at radius 2 is 1.84 bits per heavy atom. The molecule has 1 fully saturated rings. The van der Waals surface area contributed by atoms with Crippen molar-refractivity contribution in [1.82, 2.24) is 19.0 Å². The number of aromatic nitrogens is 2. The largest absolute Gasteiger partial charge is 0.322 e. The van der Waals surface area contributed by atoms with E-state index in [0.29, 0.717) is 38.4 Å². The maximum Gasteiger partial charge on any atom is 0.321 e. The smallest absolute Gasteiger partial charge is 0.321 e. The highest BCUT2D eigenvalue weighted by atomic mass is 32.2. The number of benzene rings is 1. The van der Waals surface area contributed by atoms with Crippen LogP contribution >= 0.6 is 0 Å². The van der Waals surface area contributed by atoms with E-state index in [2.05, 4.69) is 10.4 Å². The number of piperazine rings is 1. The third kappa shape index (κ3) is 4.58. The molecular formula is C16H21N5O3S. The van der Waals surface area contributed by atoms with Gasteiger partial charge in [-0.1, -0.05) is 12.1 Å². The number of nitrogens with one attached hydrogen (secondary N) is 1. The van der Waals surface area contributed by atoms with Gasteiger partial charge in [0.2, 0.25) is 10.0 Å². The van der Waals surface area contributed by atoms with Crippen molar-refractivity contribution in [2.24, 2.45) is 0 Å². The lowest BCUT2D eigenvalue weighted by atomic mass is 10.2. The Bertz CT molecular complexity index is 810. The van der Waals surface area contributed by atoms with Crippen molar-refractivity contribution in [1.29, 1.82) is 0 Å². The maximum absolute atomic E-state index is 12.3. The molecule has 2 amide bonds. The maximum atomic E-state index is 12.3. The van der Waals surface area contributed by atoms with Crippen LogP contribution in [0.3, 0.4) is 0 Å². The molecular weight excluding hydrogens is 342 g/mol. The van der Waals surface area contributed by atoms with E-state index in [1.54, 1.807) is 11.1 Å². The lowest BCUT2D eigenvalue weighted by molar-refractivity contribution is 0.184. The summed E-state index contributed by atoms with van der Waals surface area (Å²) in [5.41, 5.74) is 1.79. The zero-order valence-corrected chi connectivity index (χ0v) is 14.8. The molecule has 0 saturated carbocycles. The van der Waals surface area contributed by atoms with Crippen molar-refractivity contribution in [3.63, 3.8) is 0 Å². The van der Waals surface area contributed by atoms with E-state index < -0.39 is 10.0 Å². The Labute approximate surface area is 147 Å². The van der Waals surface area contributed by atoms with Crippen molar-refractivity contribution in [3.05, 3.63) is 48.3 Å². The van der Waals surface area contributed by atoms with E-state index in [4.69, 9.17) is 0 Å². The molecule has 2 aromatic rings. The minimum atomic E-state index is -3.19. The van der Waals surface area contributed by atoms with Crippen molar-refractivity contribution in [2.75, 3.05) is 37.8 Å². The Hall–Kier alpha value is -2.39. The normalized spacial score (nSPS) is 16.0. The summed E-state index contributed by atoms with van der Waals surface area (Å²) in [6, 6.07) is 9.25. The molecule has 1 aliphatic rings. The second-order valence-electron chi connectivity index (χ2n) is 5.98. The predicted molar refractivity (Wildman–Crippen MR) is 94.8 cm³/mol. The van der Waals surface area contributed by atoms with Gasteiger partial charge in [0.1, 0.15) is 0 Å². The topological polar surface area (TPSA) is 87.5 Å². The van der Waals surface area contributed by atoms with Gasteiger partial charge in [0, 0.05) is 44.3 Å². The molecule has 2 heterocycles. The van der Waals surface area contributed by atoms with Gasteiger partial charge in [-0.15, -0.1) is 0 Å². The summed E-state index contributed by atoms with van der Waals surface area (Å²) in [6.45, 7) is 2.10. The van der Waals surface area contributed by atoms with Crippen molar-refractivity contribution < 1.29 is 13.2 Å². The molecule has 1 saturated heterocycles. The van der Waals surface area contributed by atoms with Crippen LogP contribution in [0.4, 0.5) is 10.5 Å². The minimum absolute atomic E-state index is 0.215. The molecule has 134 valence electrons. The number of anilines is 1. The first-order valence-corrected chi connectivity index (χ1v) is 9.84. The zero-order chi connectivity index (χ0) is 17.9. The van der Waals surface area contributed by atoms with Crippen molar-refractivity contribution >= 4 is 21.7 Å². The summed E-state index contributed by atoms with van der Waals surface area (Å²) in [6.07, 6.45) is 4.82. The zero-order valence-electron chi connectivity index (χ0n) is 14.0. The monoisotopic (exact) mass is 363 g/mol. The molecule has 25 heavy (non-hydrogen) atoms. The van der Waals surface area contributed by atoms with Crippen LogP contribution in [0, 0.1) is 0 Å². The first-order chi connectivity index (χ1) is 11.9. The van der Waals surface area contributed by atoms with Crippen LogP contribution in [0.25, 0.3) is 0 Å². The van der Waals surface area contributed by atoms with Crippen LogP contribution in [-0.2, 0) is 16.6 Å². The van der Waals surface area contributed by atoms with Gasteiger partial charge in [-0.25, -0.2) is 13.2 Å². The molecule has 8 nitrogen and oxygen atoms in total. The average Bonchev–Trinajstić information content (AvgIpc) is 3.09. The summed E-state index contributed by atoms with van der Waals surface area (Å²) >= 11 is 0. The van der Waals surface area contributed by atoms with Gasteiger partial charge in [0.15, 0.2) is 0 Å². The van der Waals surface area contributed by atoms with Gasteiger partial charge in [-0.3, -0.25) is 4.68 Å². The van der Waals surface area contributed by atoms with E-state index in [0.717, 1.165) is 5.56 Å². The lowest BCUT2D eigenvalue weighted by Gasteiger charge is -2.33. The van der Waals surface area contributed by atoms with Crippen molar-refractivity contribution in [3.8, 4) is 0 Å². The van der Waals surface area contributed by atoms with Crippen LogP contribution < -0.4 is 5.32 Å². The molecule has 3 rings (SSSR count). The van der Waals surface area contributed by atoms with E-state index in [-0.39, 0.29) is 6.03 Å². The van der Waals surface area contributed by atoms with Crippen LogP contribution in [-0.4, -0.2) is 65.9 Å². The number of urea groups is 1. The van der Waals surface area contributed by atoms with E-state index in [1.165, 1.54) is 10.6 Å². The summed E-state index contributed by atoms with van der Waals surface area (Å²) in [4.78, 5) is 13.9. The number of sulfonamides is 1. The third-order valence-corrected chi connectivity index (χ3v) is 5.41. The highest BCUT2D eigenvalue weighted by Gasteiger charge is 2.25. The van der Waals surface area contributed by atoms with Gasteiger partial charge in [-0.2, -0.15) is 9.40 Å². The third-order valence-electron chi connectivity index (χ3n) is 4.10. The van der Waals surface area contributed by atoms with Gasteiger partial charge < -0.3 is 10.2 Å². The lowest BCUT2D eigenvalue weighted by Crippen LogP contribution is -2.51. The van der Waals surface area contributed by atoms with E-state index >= 15 is 0 Å². The Kier molecular flexibility index (Phi) is 5.05. The predicted octanol–water partition coefficient (Wildman–Crippen LogP) is 1.04. The highest BCUT2D eigenvalue weighted by molar-refractivity contribution is 7.88. The standard InChI is InChI=1S/C16H21N5O3S/c1-25(23,24)21-11-9-19(10-12-21)16(22)18-15-5-3-14(4-6-15)13-20-8-2-7-17-20/h2-8H,9-13H2,1H3,(H,18,22). The minimum Gasteiger partial charge on any atom is -0.322 e. The van der Waals surface area contributed by atoms with E-state index in [9.17, 15) is 13.2 Å². The molecule has 0 bridgehead atoms. The summed E-state index contributed by atoms with van der Waals surface area (Å²) in [5, 5.41) is 7.01. The van der Waals surface area contributed by atoms with Crippen LogP contribution in [0.2, 0.25) is 0 Å². The first kappa shape index (κ1) is 17.4. The number of hydrogen-bond acceptors (Lipinski definition) is 4. The second-order valence-corrected chi connectivity index (χ2v) is 7.96. The summed E-state index contributed by atoms with van der Waals surface area (Å²) < 4.78 is 26.2. The number of carbonyl (C=O) groups is 1. The van der Waals surface area contributed by atoms with Gasteiger partial charge in [0.25, 0.3) is 0 Å². The fraction of sp³-hybridized carbons (Fsp3) is 0.375. The molecule has 1 aromatic carbocycles. The highest BCUT2D eigenvalue weighted by Crippen LogP contribution is 2.13. The van der Waals surface area contributed by atoms with Crippen molar-refractivity contribution in [2.45, 2.75) is 6.54 Å². The number of nitrogens with zero attached hydrogens (tertiary/aromatic N) is 4. The molecule has 9 heteroatoms. The quantitative estimate of drug-likeness (QED) is 0.879. The average molecular weight is 363 g/mol. The number of hydrogen-bond donors (Lipinski definition) is 1. The SMILES string of the molecule is CS(=O)(=O)N1CCN(C(=O)Nc2ccc(Cn3cccn3)cc2)CC1. The Balaban J connectivity index is 1.53. The van der Waals surface area contributed by atoms with Gasteiger partial charge >= 0.3 is 6.03 Å². The first-order valence-electron chi connectivity index (χ1n) is 7.99. The number of carbonyl (C=O) groups excluding carboxylic acids is 1. The molecule has 0 aliphatic carbocycles. The molecule has 1 N–H and O–H groups in total. The van der Waals surface area contributed by atoms with Crippen LogP contribution in [0.5, 0.6) is 0 Å².